The van der Waals surface area contributed by atoms with Crippen molar-refractivity contribution in [2.75, 3.05) is 0 Å². The van der Waals surface area contributed by atoms with Gasteiger partial charge in [-0.1, -0.05) is 15.9 Å². The largest absolute Gasteiger partial charge is 0.478 e. The number of carboxylic acid groups (broad SMARTS) is 1. The number of hydrogen-bond acceptors (Lipinski definition) is 3. The van der Waals surface area contributed by atoms with Crippen molar-refractivity contribution in [1.29, 1.82) is 0 Å². The Morgan fingerprint density at radius 2 is 2.00 bits per heavy atom. The molecule has 0 aliphatic heterocycles. The predicted molar refractivity (Wildman–Crippen MR) is 78.2 cm³/mol. The molecule has 1 saturated carbocycles. The second-order valence-corrected chi connectivity index (χ2v) is 8.24. The van der Waals surface area contributed by atoms with E-state index >= 15 is 0 Å². The fourth-order valence-corrected chi connectivity index (χ4v) is 4.41. The van der Waals surface area contributed by atoms with Crippen LogP contribution >= 0.6 is 15.9 Å². The zero-order valence-electron chi connectivity index (χ0n) is 11.5. The fourth-order valence-electron chi connectivity index (χ4n) is 2.21. The van der Waals surface area contributed by atoms with Gasteiger partial charge in [-0.3, -0.25) is 0 Å². The Labute approximate surface area is 130 Å². The molecule has 5 nitrogen and oxygen atoms in total. The molecule has 0 unspecified atom stereocenters. The molecule has 8 heteroatoms. The second-order valence-electron chi connectivity index (χ2n) is 5.67. The molecule has 1 aliphatic carbocycles. The smallest absolute Gasteiger partial charge is 0.338 e. The lowest BCUT2D eigenvalue weighted by Gasteiger charge is -2.26. The van der Waals surface area contributed by atoms with Gasteiger partial charge in [0, 0.05) is 10.0 Å². The summed E-state index contributed by atoms with van der Waals surface area (Å²) in [5.41, 5.74) is -1.38. The first kappa shape index (κ1) is 16.4. The molecule has 0 radical (unpaired) electrons. The zero-order chi connectivity index (χ0) is 16.0. The molecule has 0 bridgehead atoms. The van der Waals surface area contributed by atoms with Crippen LogP contribution in [0.15, 0.2) is 21.5 Å². The number of carboxylic acids is 1. The first-order chi connectivity index (χ1) is 9.54. The molecule has 0 amide bonds. The van der Waals surface area contributed by atoms with Crippen LogP contribution in [0.3, 0.4) is 0 Å². The van der Waals surface area contributed by atoms with E-state index in [1.54, 1.807) is 13.8 Å². The highest BCUT2D eigenvalue weighted by atomic mass is 79.9. The quantitative estimate of drug-likeness (QED) is 0.823. The van der Waals surface area contributed by atoms with Gasteiger partial charge in [0.05, 0.1) is 5.56 Å². The molecule has 2 rings (SSSR count). The fraction of sp³-hybridized carbons (Fsp3) is 0.462. The maximum absolute atomic E-state index is 14.2. The van der Waals surface area contributed by atoms with Crippen molar-refractivity contribution in [1.82, 2.24) is 4.72 Å². The molecular formula is C13H15BrFNO4S. The summed E-state index contributed by atoms with van der Waals surface area (Å²) in [5, 5.41) is 8.94. The third-order valence-corrected chi connectivity index (χ3v) is 5.65. The third-order valence-electron chi connectivity index (χ3n) is 3.52. The van der Waals surface area contributed by atoms with Gasteiger partial charge in [-0.25, -0.2) is 22.3 Å². The first-order valence-electron chi connectivity index (χ1n) is 6.31. The van der Waals surface area contributed by atoms with Crippen molar-refractivity contribution in [2.24, 2.45) is 5.92 Å². The average Bonchev–Trinajstić information content (AvgIpc) is 3.13. The highest BCUT2D eigenvalue weighted by molar-refractivity contribution is 9.10. The van der Waals surface area contributed by atoms with Crippen LogP contribution < -0.4 is 4.72 Å². The monoisotopic (exact) mass is 379 g/mol. The van der Waals surface area contributed by atoms with Crippen LogP contribution in [-0.2, 0) is 10.0 Å². The lowest BCUT2D eigenvalue weighted by Crippen LogP contribution is -2.45. The van der Waals surface area contributed by atoms with Crippen molar-refractivity contribution in [3.05, 3.63) is 28.0 Å². The van der Waals surface area contributed by atoms with E-state index in [0.29, 0.717) is 0 Å². The Morgan fingerprint density at radius 3 is 2.48 bits per heavy atom. The molecular weight excluding hydrogens is 365 g/mol. The van der Waals surface area contributed by atoms with Gasteiger partial charge in [0.1, 0.15) is 4.90 Å². The van der Waals surface area contributed by atoms with Gasteiger partial charge >= 0.3 is 5.97 Å². The molecule has 1 aromatic carbocycles. The predicted octanol–water partition coefficient (Wildman–Crippen LogP) is 2.75. The molecule has 0 heterocycles. The zero-order valence-corrected chi connectivity index (χ0v) is 13.9. The van der Waals surface area contributed by atoms with Crippen LogP contribution in [0.5, 0.6) is 0 Å². The summed E-state index contributed by atoms with van der Waals surface area (Å²) < 4.78 is 41.5. The van der Waals surface area contributed by atoms with Gasteiger partial charge in [0.15, 0.2) is 5.82 Å². The van der Waals surface area contributed by atoms with Crippen molar-refractivity contribution >= 4 is 31.9 Å². The Bertz CT molecular complexity index is 698. The van der Waals surface area contributed by atoms with Crippen molar-refractivity contribution in [3.63, 3.8) is 0 Å². The number of benzene rings is 1. The highest BCUT2D eigenvalue weighted by Crippen LogP contribution is 2.40. The SMILES string of the molecule is CC(C)(NS(=O)(=O)c1cc(Br)cc(C(=O)O)c1F)C1CC1. The minimum absolute atomic E-state index is 0.186. The molecule has 1 fully saturated rings. The van der Waals surface area contributed by atoms with Crippen LogP contribution in [0.1, 0.15) is 37.0 Å². The van der Waals surface area contributed by atoms with Crippen LogP contribution in [0, 0.1) is 11.7 Å². The number of aromatic carboxylic acids is 1. The lowest BCUT2D eigenvalue weighted by atomic mass is 10.0. The van der Waals surface area contributed by atoms with Crippen LogP contribution in [0.4, 0.5) is 4.39 Å². The number of rotatable bonds is 5. The van der Waals surface area contributed by atoms with Crippen LogP contribution in [0.2, 0.25) is 0 Å². The van der Waals surface area contributed by atoms with E-state index in [9.17, 15) is 17.6 Å². The Morgan fingerprint density at radius 1 is 1.43 bits per heavy atom. The van der Waals surface area contributed by atoms with Gasteiger partial charge in [0.2, 0.25) is 10.0 Å². The summed E-state index contributed by atoms with van der Waals surface area (Å²) in [6.07, 6.45) is 1.83. The van der Waals surface area contributed by atoms with Crippen molar-refractivity contribution < 1.29 is 22.7 Å². The van der Waals surface area contributed by atoms with E-state index in [4.69, 9.17) is 5.11 Å². The average molecular weight is 380 g/mol. The number of nitrogens with one attached hydrogen (secondary N) is 1. The minimum Gasteiger partial charge on any atom is -0.478 e. The van der Waals surface area contributed by atoms with E-state index in [0.717, 1.165) is 25.0 Å². The summed E-state index contributed by atoms with van der Waals surface area (Å²) in [7, 11) is -4.15. The van der Waals surface area contributed by atoms with Crippen molar-refractivity contribution in [3.8, 4) is 0 Å². The maximum atomic E-state index is 14.2. The molecule has 0 saturated heterocycles. The molecule has 1 aliphatic rings. The number of carbonyl (C=O) groups is 1. The molecule has 1 aromatic rings. The second kappa shape index (κ2) is 5.33. The van der Waals surface area contributed by atoms with E-state index in [1.807, 2.05) is 0 Å². The molecule has 0 aromatic heterocycles. The molecule has 116 valence electrons. The topological polar surface area (TPSA) is 83.5 Å². The van der Waals surface area contributed by atoms with E-state index in [-0.39, 0.29) is 10.4 Å². The van der Waals surface area contributed by atoms with E-state index in [2.05, 4.69) is 20.7 Å². The summed E-state index contributed by atoms with van der Waals surface area (Å²) in [4.78, 5) is 10.3. The van der Waals surface area contributed by atoms with E-state index < -0.39 is 37.8 Å². The summed E-state index contributed by atoms with van der Waals surface area (Å²) in [6.45, 7) is 3.46. The Hall–Kier alpha value is -0.990. The van der Waals surface area contributed by atoms with Gasteiger partial charge in [0.25, 0.3) is 0 Å². The number of sulfonamides is 1. The lowest BCUT2D eigenvalue weighted by molar-refractivity contribution is 0.0691. The highest BCUT2D eigenvalue weighted by Gasteiger charge is 2.41. The molecule has 2 N–H and O–H groups in total. The number of halogens is 2. The summed E-state index contributed by atoms with van der Waals surface area (Å²) in [5.74, 6) is -2.57. The molecule has 0 spiro atoms. The van der Waals surface area contributed by atoms with Crippen LogP contribution in [0.25, 0.3) is 0 Å². The Kier molecular flexibility index (Phi) is 4.16. The van der Waals surface area contributed by atoms with Gasteiger partial charge < -0.3 is 5.11 Å². The summed E-state index contributed by atoms with van der Waals surface area (Å²) >= 11 is 3.01. The third kappa shape index (κ3) is 3.44. The standard InChI is InChI=1S/C13H15BrFNO4S/c1-13(2,7-3-4-7)16-21(19,20)10-6-8(14)5-9(11(10)15)12(17)18/h5-7,16H,3-4H2,1-2H3,(H,17,18). The molecule has 0 atom stereocenters. The molecule has 21 heavy (non-hydrogen) atoms. The van der Waals surface area contributed by atoms with Gasteiger partial charge in [-0.2, -0.15) is 0 Å². The normalized spacial score (nSPS) is 16.0. The first-order valence-corrected chi connectivity index (χ1v) is 8.58. The van der Waals surface area contributed by atoms with E-state index in [1.165, 1.54) is 0 Å². The Balaban J connectivity index is 2.47. The maximum Gasteiger partial charge on any atom is 0.338 e. The van der Waals surface area contributed by atoms with Gasteiger partial charge in [-0.15, -0.1) is 0 Å². The van der Waals surface area contributed by atoms with Crippen molar-refractivity contribution in [2.45, 2.75) is 37.1 Å². The number of hydrogen-bond donors (Lipinski definition) is 2. The van der Waals surface area contributed by atoms with Crippen LogP contribution in [-0.4, -0.2) is 25.0 Å². The minimum atomic E-state index is -4.15. The summed E-state index contributed by atoms with van der Waals surface area (Å²) in [6, 6.07) is 2.09. The van der Waals surface area contributed by atoms with Gasteiger partial charge in [-0.05, 0) is 44.7 Å².